The van der Waals surface area contributed by atoms with Gasteiger partial charge in [0.25, 0.3) is 11.8 Å². The fourth-order valence-electron chi connectivity index (χ4n) is 3.67. The van der Waals surface area contributed by atoms with E-state index in [1.807, 2.05) is 35.2 Å². The summed E-state index contributed by atoms with van der Waals surface area (Å²) in [6.45, 7) is 1.25. The summed E-state index contributed by atoms with van der Waals surface area (Å²) in [7, 11) is 0. The number of pyridine rings is 2. The summed E-state index contributed by atoms with van der Waals surface area (Å²) < 4.78 is 0. The summed E-state index contributed by atoms with van der Waals surface area (Å²) >= 11 is 0. The number of carbonyl (C=O) groups is 2. The number of likely N-dealkylation sites (tertiary alicyclic amines) is 1. The fourth-order valence-corrected chi connectivity index (χ4v) is 3.67. The third kappa shape index (κ3) is 3.38. The number of para-hydroxylation sites is 1. The van der Waals surface area contributed by atoms with Crippen molar-refractivity contribution in [3.63, 3.8) is 0 Å². The quantitative estimate of drug-likeness (QED) is 0.778. The first-order valence-electron chi connectivity index (χ1n) is 9.02. The van der Waals surface area contributed by atoms with Crippen molar-refractivity contribution in [2.45, 2.75) is 18.8 Å². The smallest absolute Gasteiger partial charge is 0.253 e. The number of carbonyl (C=O) groups excluding carboxylic acids is 2. The molecule has 6 nitrogen and oxygen atoms in total. The standard InChI is InChI=1S/C21H20N4O2/c22-20(26)17-13-16-3-1-2-4-18(16)24-19(17)14-7-11-25(12-8-14)21(27)15-5-9-23-10-6-15/h1-6,9-10,13-14H,7-8,11-12H2,(H2,22,26). The lowest BCUT2D eigenvalue weighted by molar-refractivity contribution is 0.0710. The molecule has 4 rings (SSSR count). The van der Waals surface area contributed by atoms with Crippen LogP contribution >= 0.6 is 0 Å². The van der Waals surface area contributed by atoms with E-state index in [4.69, 9.17) is 10.7 Å². The molecule has 1 saturated heterocycles. The number of rotatable bonds is 3. The molecule has 136 valence electrons. The molecule has 0 aliphatic carbocycles. The molecular weight excluding hydrogens is 340 g/mol. The van der Waals surface area contributed by atoms with E-state index in [0.29, 0.717) is 24.2 Å². The maximum Gasteiger partial charge on any atom is 0.253 e. The molecule has 0 bridgehead atoms. The molecule has 2 N–H and O–H groups in total. The number of amides is 2. The van der Waals surface area contributed by atoms with Crippen LogP contribution in [0.2, 0.25) is 0 Å². The van der Waals surface area contributed by atoms with Crippen molar-refractivity contribution in [1.82, 2.24) is 14.9 Å². The molecular formula is C21H20N4O2. The lowest BCUT2D eigenvalue weighted by Gasteiger charge is -2.32. The van der Waals surface area contributed by atoms with Crippen LogP contribution < -0.4 is 5.73 Å². The fraction of sp³-hybridized carbons (Fsp3) is 0.238. The molecule has 3 aromatic rings. The van der Waals surface area contributed by atoms with Gasteiger partial charge in [-0.25, -0.2) is 0 Å². The Morgan fingerprint density at radius 3 is 2.44 bits per heavy atom. The average Bonchev–Trinajstić information content (AvgIpc) is 2.73. The van der Waals surface area contributed by atoms with E-state index in [-0.39, 0.29) is 11.8 Å². The molecule has 0 spiro atoms. The maximum atomic E-state index is 12.6. The highest BCUT2D eigenvalue weighted by Gasteiger charge is 2.28. The molecule has 1 fully saturated rings. The predicted octanol–water partition coefficient (Wildman–Crippen LogP) is 2.75. The zero-order valence-electron chi connectivity index (χ0n) is 14.8. The molecule has 0 radical (unpaired) electrons. The summed E-state index contributed by atoms with van der Waals surface area (Å²) in [4.78, 5) is 35.1. The highest BCUT2D eigenvalue weighted by Crippen LogP contribution is 2.31. The lowest BCUT2D eigenvalue weighted by Crippen LogP contribution is -2.38. The van der Waals surface area contributed by atoms with Crippen LogP contribution in [0, 0.1) is 0 Å². The second kappa shape index (κ2) is 7.15. The van der Waals surface area contributed by atoms with Crippen LogP contribution in [0.4, 0.5) is 0 Å². The van der Waals surface area contributed by atoms with Gasteiger partial charge >= 0.3 is 0 Å². The number of hydrogen-bond donors (Lipinski definition) is 1. The highest BCUT2D eigenvalue weighted by atomic mass is 16.2. The van der Waals surface area contributed by atoms with Crippen molar-refractivity contribution in [3.8, 4) is 0 Å². The minimum atomic E-state index is -0.460. The van der Waals surface area contributed by atoms with E-state index in [1.54, 1.807) is 24.5 Å². The Kier molecular flexibility index (Phi) is 4.54. The first-order chi connectivity index (χ1) is 13.1. The van der Waals surface area contributed by atoms with Gasteiger partial charge < -0.3 is 10.6 Å². The first-order valence-corrected chi connectivity index (χ1v) is 9.02. The monoisotopic (exact) mass is 360 g/mol. The average molecular weight is 360 g/mol. The van der Waals surface area contributed by atoms with E-state index in [2.05, 4.69) is 4.98 Å². The molecule has 27 heavy (non-hydrogen) atoms. The summed E-state index contributed by atoms with van der Waals surface area (Å²) in [6, 6.07) is 13.0. The van der Waals surface area contributed by atoms with Crippen molar-refractivity contribution in [3.05, 3.63) is 71.7 Å². The Morgan fingerprint density at radius 1 is 1.04 bits per heavy atom. The van der Waals surface area contributed by atoms with Gasteiger partial charge in [-0.3, -0.25) is 19.6 Å². The highest BCUT2D eigenvalue weighted by molar-refractivity contribution is 5.98. The van der Waals surface area contributed by atoms with Crippen molar-refractivity contribution in [2.75, 3.05) is 13.1 Å². The molecule has 3 heterocycles. The van der Waals surface area contributed by atoms with Crippen molar-refractivity contribution in [2.24, 2.45) is 5.73 Å². The number of nitrogens with two attached hydrogens (primary N) is 1. The van der Waals surface area contributed by atoms with E-state index < -0.39 is 5.91 Å². The minimum Gasteiger partial charge on any atom is -0.366 e. The molecule has 6 heteroatoms. The largest absolute Gasteiger partial charge is 0.366 e. The Hall–Kier alpha value is -3.28. The Morgan fingerprint density at radius 2 is 1.74 bits per heavy atom. The number of aromatic nitrogens is 2. The Bertz CT molecular complexity index is 995. The molecule has 0 atom stereocenters. The van der Waals surface area contributed by atoms with Gasteiger partial charge in [-0.15, -0.1) is 0 Å². The summed E-state index contributed by atoms with van der Waals surface area (Å²) in [5.41, 5.74) is 8.34. The van der Waals surface area contributed by atoms with Crippen molar-refractivity contribution < 1.29 is 9.59 Å². The van der Waals surface area contributed by atoms with Gasteiger partial charge in [0, 0.05) is 42.4 Å². The van der Waals surface area contributed by atoms with E-state index in [0.717, 1.165) is 29.4 Å². The SMILES string of the molecule is NC(=O)c1cc2ccccc2nc1C1CCN(C(=O)c2ccncc2)CC1. The van der Waals surface area contributed by atoms with Crippen LogP contribution in [0.3, 0.4) is 0 Å². The number of nitrogens with zero attached hydrogens (tertiary/aromatic N) is 3. The van der Waals surface area contributed by atoms with E-state index in [9.17, 15) is 9.59 Å². The van der Waals surface area contributed by atoms with Gasteiger partial charge in [0.15, 0.2) is 0 Å². The van der Waals surface area contributed by atoms with Crippen LogP contribution in [0.25, 0.3) is 10.9 Å². The third-order valence-electron chi connectivity index (χ3n) is 5.12. The van der Waals surface area contributed by atoms with E-state index >= 15 is 0 Å². The number of primary amides is 1. The maximum absolute atomic E-state index is 12.6. The van der Waals surface area contributed by atoms with Gasteiger partial charge in [0.1, 0.15) is 0 Å². The topological polar surface area (TPSA) is 89.2 Å². The van der Waals surface area contributed by atoms with Gasteiger partial charge in [-0.05, 0) is 37.1 Å². The first kappa shape index (κ1) is 17.1. The zero-order chi connectivity index (χ0) is 18.8. The molecule has 1 aliphatic rings. The van der Waals surface area contributed by atoms with Gasteiger partial charge in [-0.2, -0.15) is 0 Å². The molecule has 2 amide bonds. The van der Waals surface area contributed by atoms with Crippen LogP contribution in [0.5, 0.6) is 0 Å². The summed E-state index contributed by atoms with van der Waals surface area (Å²) in [6.07, 6.45) is 4.75. The number of benzene rings is 1. The van der Waals surface area contributed by atoms with Crippen LogP contribution in [0.1, 0.15) is 45.2 Å². The van der Waals surface area contributed by atoms with Gasteiger partial charge in [0.2, 0.25) is 0 Å². The third-order valence-corrected chi connectivity index (χ3v) is 5.12. The summed E-state index contributed by atoms with van der Waals surface area (Å²) in [5, 5.41) is 0.903. The lowest BCUT2D eigenvalue weighted by atomic mass is 9.89. The van der Waals surface area contributed by atoms with Gasteiger partial charge in [0.05, 0.1) is 16.8 Å². The minimum absolute atomic E-state index is 0.0115. The van der Waals surface area contributed by atoms with Crippen molar-refractivity contribution >= 4 is 22.7 Å². The number of fused-ring (bicyclic) bond motifs is 1. The predicted molar refractivity (Wildman–Crippen MR) is 102 cm³/mol. The second-order valence-electron chi connectivity index (χ2n) is 6.78. The van der Waals surface area contributed by atoms with E-state index in [1.165, 1.54) is 0 Å². The Balaban J connectivity index is 1.57. The molecule has 2 aromatic heterocycles. The molecule has 1 aliphatic heterocycles. The van der Waals surface area contributed by atoms with Gasteiger partial charge in [-0.1, -0.05) is 18.2 Å². The zero-order valence-corrected chi connectivity index (χ0v) is 14.8. The van der Waals surface area contributed by atoms with Crippen LogP contribution in [0.15, 0.2) is 54.9 Å². The Labute approximate surface area is 157 Å². The number of hydrogen-bond acceptors (Lipinski definition) is 4. The van der Waals surface area contributed by atoms with Crippen LogP contribution in [-0.4, -0.2) is 39.8 Å². The second-order valence-corrected chi connectivity index (χ2v) is 6.78. The molecule has 0 unspecified atom stereocenters. The summed E-state index contributed by atoms with van der Waals surface area (Å²) in [5.74, 6) is -0.338. The molecule has 0 saturated carbocycles. The van der Waals surface area contributed by atoms with Crippen molar-refractivity contribution in [1.29, 1.82) is 0 Å². The number of piperidine rings is 1. The van der Waals surface area contributed by atoms with Crippen LogP contribution in [-0.2, 0) is 0 Å². The normalized spacial score (nSPS) is 15.0. The molecule has 1 aromatic carbocycles.